The molecule has 0 aliphatic heterocycles. The van der Waals surface area contributed by atoms with Gasteiger partial charge in [-0.25, -0.2) is 0 Å². The van der Waals surface area contributed by atoms with Crippen LogP contribution >= 0.6 is 15.9 Å². The lowest BCUT2D eigenvalue weighted by molar-refractivity contribution is 0.0852. The molecule has 0 bridgehead atoms. The van der Waals surface area contributed by atoms with Crippen LogP contribution in [0.2, 0.25) is 0 Å². The van der Waals surface area contributed by atoms with Gasteiger partial charge in [-0.3, -0.25) is 0 Å². The Bertz CT molecular complexity index is 419. The van der Waals surface area contributed by atoms with Gasteiger partial charge >= 0.3 is 0 Å². The molecule has 2 rings (SSSR count). The first-order valence-electron chi connectivity index (χ1n) is 7.43. The molecule has 4 heteroatoms. The number of hydrogen-bond acceptors (Lipinski definition) is 3. The number of benzene rings is 1. The van der Waals surface area contributed by atoms with E-state index in [1.807, 2.05) is 19.2 Å². The second-order valence-corrected chi connectivity index (χ2v) is 6.50. The molecule has 1 atom stereocenters. The highest BCUT2D eigenvalue weighted by Crippen LogP contribution is 2.29. The van der Waals surface area contributed by atoms with Gasteiger partial charge in [0, 0.05) is 6.54 Å². The molecular formula is C16H24BrNO2. The average Bonchev–Trinajstić information content (AvgIpc) is 2.91. The van der Waals surface area contributed by atoms with E-state index >= 15 is 0 Å². The predicted molar refractivity (Wildman–Crippen MR) is 85.0 cm³/mol. The van der Waals surface area contributed by atoms with E-state index in [2.05, 4.69) is 27.3 Å². The molecule has 0 spiro atoms. The Labute approximate surface area is 129 Å². The molecule has 1 aliphatic rings. The fraction of sp³-hybridized carbons (Fsp3) is 0.625. The molecule has 1 saturated carbocycles. The second kappa shape index (κ2) is 8.01. The average molecular weight is 342 g/mol. The van der Waals surface area contributed by atoms with E-state index in [1.54, 1.807) is 0 Å². The molecule has 0 amide bonds. The highest BCUT2D eigenvalue weighted by Gasteiger charge is 2.19. The summed E-state index contributed by atoms with van der Waals surface area (Å²) < 4.78 is 6.67. The summed E-state index contributed by atoms with van der Waals surface area (Å²) in [6.07, 6.45) is 5.67. The first-order valence-corrected chi connectivity index (χ1v) is 8.22. The predicted octanol–water partition coefficient (Wildman–Crippen LogP) is 3.49. The van der Waals surface area contributed by atoms with Gasteiger partial charge in [0.15, 0.2) is 0 Å². The van der Waals surface area contributed by atoms with E-state index in [4.69, 9.17) is 4.74 Å². The lowest BCUT2D eigenvalue weighted by atomic mass is 10.0. The van der Waals surface area contributed by atoms with E-state index in [0.717, 1.165) is 23.2 Å². The van der Waals surface area contributed by atoms with Crippen molar-refractivity contribution in [2.45, 2.75) is 44.8 Å². The van der Waals surface area contributed by atoms with Crippen molar-refractivity contribution in [2.24, 2.45) is 5.92 Å². The van der Waals surface area contributed by atoms with Gasteiger partial charge in [0.05, 0.1) is 10.6 Å². The van der Waals surface area contributed by atoms with Crippen LogP contribution in [0.5, 0.6) is 5.75 Å². The number of rotatable bonds is 7. The number of halogens is 1. The van der Waals surface area contributed by atoms with Crippen LogP contribution in [0.1, 0.15) is 37.7 Å². The molecule has 0 aromatic heterocycles. The zero-order valence-corrected chi connectivity index (χ0v) is 13.7. The number of aliphatic hydroxyl groups is 1. The molecule has 1 aromatic rings. The van der Waals surface area contributed by atoms with Gasteiger partial charge in [0.1, 0.15) is 12.4 Å². The van der Waals surface area contributed by atoms with E-state index in [1.165, 1.54) is 31.2 Å². The van der Waals surface area contributed by atoms with Crippen LogP contribution in [0.3, 0.4) is 0 Å². The molecular weight excluding hydrogens is 318 g/mol. The van der Waals surface area contributed by atoms with Crippen LogP contribution in [0, 0.1) is 5.92 Å². The molecule has 3 nitrogen and oxygen atoms in total. The zero-order chi connectivity index (χ0) is 14.4. The lowest BCUT2D eigenvalue weighted by Gasteiger charge is -2.17. The lowest BCUT2D eigenvalue weighted by Crippen LogP contribution is -2.20. The summed E-state index contributed by atoms with van der Waals surface area (Å²) in [4.78, 5) is 0. The summed E-state index contributed by atoms with van der Waals surface area (Å²) in [5.41, 5.74) is 1.21. The molecule has 0 radical (unpaired) electrons. The molecule has 1 aromatic carbocycles. The summed E-state index contributed by atoms with van der Waals surface area (Å²) in [5.74, 6) is 1.49. The van der Waals surface area contributed by atoms with Crippen molar-refractivity contribution in [3.05, 3.63) is 28.2 Å². The number of ether oxygens (including phenoxy) is 1. The first-order chi connectivity index (χ1) is 9.69. The molecule has 1 fully saturated rings. The Kier molecular flexibility index (Phi) is 6.33. The Morgan fingerprint density at radius 3 is 2.80 bits per heavy atom. The monoisotopic (exact) mass is 341 g/mol. The maximum atomic E-state index is 10.1. The summed E-state index contributed by atoms with van der Waals surface area (Å²) in [5, 5.41) is 13.2. The fourth-order valence-corrected chi connectivity index (χ4v) is 3.40. The SMILES string of the molecule is CNCc1ccc(OCC(O)CC2CCCC2)c(Br)c1. The van der Waals surface area contributed by atoms with Crippen molar-refractivity contribution in [3.63, 3.8) is 0 Å². The third kappa shape index (κ3) is 4.76. The van der Waals surface area contributed by atoms with Gasteiger partial charge < -0.3 is 15.2 Å². The van der Waals surface area contributed by atoms with Crippen molar-refractivity contribution < 1.29 is 9.84 Å². The minimum Gasteiger partial charge on any atom is -0.490 e. The van der Waals surface area contributed by atoms with Gasteiger partial charge in [-0.15, -0.1) is 0 Å². The quantitative estimate of drug-likeness (QED) is 0.797. The van der Waals surface area contributed by atoms with Gasteiger partial charge in [0.25, 0.3) is 0 Å². The molecule has 0 saturated heterocycles. The standard InChI is InChI=1S/C16H24BrNO2/c1-18-10-13-6-7-16(15(17)9-13)20-11-14(19)8-12-4-2-3-5-12/h6-7,9,12,14,18-19H,2-5,8,10-11H2,1H3. The first kappa shape index (κ1) is 15.8. The molecule has 112 valence electrons. The molecule has 1 unspecified atom stereocenters. The Hall–Kier alpha value is -0.580. The molecule has 20 heavy (non-hydrogen) atoms. The summed E-state index contributed by atoms with van der Waals surface area (Å²) in [6.45, 7) is 1.21. The van der Waals surface area contributed by atoms with Crippen LogP contribution in [0.25, 0.3) is 0 Å². The summed E-state index contributed by atoms with van der Waals surface area (Å²) in [6, 6.07) is 6.05. The largest absolute Gasteiger partial charge is 0.490 e. The summed E-state index contributed by atoms with van der Waals surface area (Å²) >= 11 is 3.52. The van der Waals surface area contributed by atoms with Crippen LogP contribution < -0.4 is 10.1 Å². The van der Waals surface area contributed by atoms with Crippen LogP contribution in [0.4, 0.5) is 0 Å². The molecule has 2 N–H and O–H groups in total. The normalized spacial score (nSPS) is 17.4. The third-order valence-corrected chi connectivity index (χ3v) is 4.51. The minimum absolute atomic E-state index is 0.359. The van der Waals surface area contributed by atoms with Gasteiger partial charge in [-0.1, -0.05) is 31.7 Å². The van der Waals surface area contributed by atoms with E-state index in [-0.39, 0.29) is 6.10 Å². The van der Waals surface area contributed by atoms with E-state index < -0.39 is 0 Å². The van der Waals surface area contributed by atoms with Crippen molar-refractivity contribution in [1.82, 2.24) is 5.32 Å². The third-order valence-electron chi connectivity index (χ3n) is 3.89. The van der Waals surface area contributed by atoms with Crippen LogP contribution in [-0.4, -0.2) is 24.9 Å². The molecule has 0 heterocycles. The fourth-order valence-electron chi connectivity index (χ4n) is 2.86. The highest BCUT2D eigenvalue weighted by atomic mass is 79.9. The number of nitrogens with one attached hydrogen (secondary N) is 1. The van der Waals surface area contributed by atoms with Crippen LogP contribution in [0.15, 0.2) is 22.7 Å². The van der Waals surface area contributed by atoms with Crippen molar-refractivity contribution >= 4 is 15.9 Å². The number of aliphatic hydroxyl groups excluding tert-OH is 1. The van der Waals surface area contributed by atoms with Crippen LogP contribution in [-0.2, 0) is 6.54 Å². The van der Waals surface area contributed by atoms with Gasteiger partial charge in [0.2, 0.25) is 0 Å². The zero-order valence-electron chi connectivity index (χ0n) is 12.1. The highest BCUT2D eigenvalue weighted by molar-refractivity contribution is 9.10. The summed E-state index contributed by atoms with van der Waals surface area (Å²) in [7, 11) is 1.93. The maximum absolute atomic E-state index is 10.1. The van der Waals surface area contributed by atoms with Crippen molar-refractivity contribution in [3.8, 4) is 5.75 Å². The Morgan fingerprint density at radius 1 is 1.40 bits per heavy atom. The topological polar surface area (TPSA) is 41.5 Å². The van der Waals surface area contributed by atoms with E-state index in [0.29, 0.717) is 12.5 Å². The van der Waals surface area contributed by atoms with Crippen molar-refractivity contribution in [1.29, 1.82) is 0 Å². The molecule has 1 aliphatic carbocycles. The van der Waals surface area contributed by atoms with E-state index in [9.17, 15) is 5.11 Å². The minimum atomic E-state index is -0.359. The smallest absolute Gasteiger partial charge is 0.133 e. The van der Waals surface area contributed by atoms with Crippen molar-refractivity contribution in [2.75, 3.05) is 13.7 Å². The second-order valence-electron chi connectivity index (χ2n) is 5.65. The Morgan fingerprint density at radius 2 is 2.15 bits per heavy atom. The Balaban J connectivity index is 1.80. The number of hydrogen-bond donors (Lipinski definition) is 2. The van der Waals surface area contributed by atoms with Gasteiger partial charge in [-0.05, 0) is 53.0 Å². The maximum Gasteiger partial charge on any atom is 0.133 e. The van der Waals surface area contributed by atoms with Gasteiger partial charge in [-0.2, -0.15) is 0 Å².